The number of nitrogens with zero attached hydrogens (tertiary/aromatic N) is 1. The lowest BCUT2D eigenvalue weighted by Crippen LogP contribution is -2.54. The van der Waals surface area contributed by atoms with Gasteiger partial charge in [-0.3, -0.25) is 14.9 Å². The number of ether oxygens (including phenoxy) is 2. The van der Waals surface area contributed by atoms with Crippen LogP contribution < -0.4 is 19.7 Å². The van der Waals surface area contributed by atoms with Crippen LogP contribution in [0.2, 0.25) is 0 Å². The average molecular weight is 493 g/mol. The van der Waals surface area contributed by atoms with Crippen molar-refractivity contribution in [1.82, 2.24) is 5.32 Å². The summed E-state index contributed by atoms with van der Waals surface area (Å²) in [5.41, 5.74) is 2.96. The zero-order valence-electron chi connectivity index (χ0n) is 20.4. The standard InChI is InChI=1S/C30H24N2O5/c1-19-12-14-21-8-6-7-11-23(21)25(19)18-37-26-15-13-20(17-27(26)36-2)16-24-28(33)31-30(35)32(29(24)34)22-9-4-3-5-10-22/h3-17H,18H2,1-2H3,(H,31,33,35)/b24-16+. The zero-order chi connectivity index (χ0) is 25.9. The number of hydrogen-bond donors (Lipinski definition) is 1. The predicted molar refractivity (Wildman–Crippen MR) is 141 cm³/mol. The predicted octanol–water partition coefficient (Wildman–Crippen LogP) is 5.40. The lowest BCUT2D eigenvalue weighted by atomic mass is 10.0. The van der Waals surface area contributed by atoms with E-state index in [2.05, 4.69) is 29.6 Å². The number of hydrogen-bond acceptors (Lipinski definition) is 5. The number of imide groups is 2. The number of aryl methyl sites for hydroxylation is 1. The number of methoxy groups -OCH3 is 1. The molecule has 0 spiro atoms. The van der Waals surface area contributed by atoms with Crippen LogP contribution in [0, 0.1) is 6.92 Å². The van der Waals surface area contributed by atoms with Crippen LogP contribution in [0.15, 0.2) is 90.5 Å². The number of barbiturate groups is 1. The molecule has 1 N–H and O–H groups in total. The second kappa shape index (κ2) is 9.99. The molecule has 1 saturated heterocycles. The number of nitrogens with one attached hydrogen (secondary N) is 1. The maximum absolute atomic E-state index is 13.1. The Hall–Kier alpha value is -4.91. The Morgan fingerprint density at radius 2 is 1.62 bits per heavy atom. The fraction of sp³-hybridized carbons (Fsp3) is 0.100. The van der Waals surface area contributed by atoms with E-state index in [4.69, 9.17) is 9.47 Å². The summed E-state index contributed by atoms with van der Waals surface area (Å²) in [4.78, 5) is 38.9. The van der Waals surface area contributed by atoms with Crippen LogP contribution in [0.5, 0.6) is 11.5 Å². The van der Waals surface area contributed by atoms with Gasteiger partial charge in [0.1, 0.15) is 12.2 Å². The summed E-state index contributed by atoms with van der Waals surface area (Å²) in [6, 6.07) is 25.1. The summed E-state index contributed by atoms with van der Waals surface area (Å²) < 4.78 is 11.7. The van der Waals surface area contributed by atoms with Crippen LogP contribution in [-0.4, -0.2) is 25.0 Å². The fourth-order valence-corrected chi connectivity index (χ4v) is 4.32. The molecule has 5 rings (SSSR count). The van der Waals surface area contributed by atoms with E-state index in [0.29, 0.717) is 29.4 Å². The molecule has 4 amide bonds. The largest absolute Gasteiger partial charge is 0.493 e. The topological polar surface area (TPSA) is 84.9 Å². The molecule has 7 heteroatoms. The Labute approximate surface area is 213 Å². The van der Waals surface area contributed by atoms with E-state index in [9.17, 15) is 14.4 Å². The van der Waals surface area contributed by atoms with Crippen LogP contribution in [0.3, 0.4) is 0 Å². The van der Waals surface area contributed by atoms with Gasteiger partial charge in [0, 0.05) is 5.56 Å². The number of carbonyl (C=O) groups excluding carboxylic acids is 3. The van der Waals surface area contributed by atoms with E-state index in [0.717, 1.165) is 26.8 Å². The van der Waals surface area contributed by atoms with Crippen molar-refractivity contribution >= 4 is 40.4 Å². The van der Waals surface area contributed by atoms with Gasteiger partial charge >= 0.3 is 6.03 Å². The Kier molecular flexibility index (Phi) is 6.43. The van der Waals surface area contributed by atoms with Gasteiger partial charge in [-0.1, -0.05) is 60.7 Å². The van der Waals surface area contributed by atoms with Crippen molar-refractivity contribution < 1.29 is 23.9 Å². The van der Waals surface area contributed by atoms with Gasteiger partial charge in [-0.15, -0.1) is 0 Å². The van der Waals surface area contributed by atoms with Crippen LogP contribution in [-0.2, 0) is 16.2 Å². The number of para-hydroxylation sites is 1. The van der Waals surface area contributed by atoms with Gasteiger partial charge in [-0.2, -0.15) is 0 Å². The van der Waals surface area contributed by atoms with E-state index >= 15 is 0 Å². The Balaban J connectivity index is 1.42. The summed E-state index contributed by atoms with van der Waals surface area (Å²) >= 11 is 0. The number of carbonyl (C=O) groups is 3. The number of rotatable bonds is 6. The first-order chi connectivity index (χ1) is 18.0. The molecule has 0 unspecified atom stereocenters. The molecule has 1 fully saturated rings. The maximum atomic E-state index is 13.1. The number of anilines is 1. The van der Waals surface area contributed by atoms with Gasteiger partial charge in [-0.05, 0) is 59.2 Å². The minimum Gasteiger partial charge on any atom is -0.493 e. The molecular weight excluding hydrogens is 468 g/mol. The molecule has 0 bridgehead atoms. The third kappa shape index (κ3) is 4.67. The van der Waals surface area contributed by atoms with E-state index in [1.54, 1.807) is 48.5 Å². The highest BCUT2D eigenvalue weighted by molar-refractivity contribution is 6.39. The molecule has 184 valence electrons. The molecule has 37 heavy (non-hydrogen) atoms. The molecular formula is C30H24N2O5. The molecule has 1 aliphatic rings. The van der Waals surface area contributed by atoms with Gasteiger partial charge in [-0.25, -0.2) is 9.69 Å². The number of fused-ring (bicyclic) bond motifs is 1. The lowest BCUT2D eigenvalue weighted by molar-refractivity contribution is -0.122. The number of urea groups is 1. The smallest absolute Gasteiger partial charge is 0.335 e. The maximum Gasteiger partial charge on any atom is 0.335 e. The van der Waals surface area contributed by atoms with Crippen molar-refractivity contribution in [1.29, 1.82) is 0 Å². The molecule has 4 aromatic carbocycles. The molecule has 1 heterocycles. The van der Waals surface area contributed by atoms with Gasteiger partial charge in [0.25, 0.3) is 11.8 Å². The Morgan fingerprint density at radius 1 is 0.865 bits per heavy atom. The molecule has 7 nitrogen and oxygen atoms in total. The molecule has 0 atom stereocenters. The fourth-order valence-electron chi connectivity index (χ4n) is 4.32. The van der Waals surface area contributed by atoms with E-state index in [1.165, 1.54) is 13.2 Å². The summed E-state index contributed by atoms with van der Waals surface area (Å²) in [6.45, 7) is 2.40. The van der Waals surface area contributed by atoms with E-state index in [-0.39, 0.29) is 5.57 Å². The molecule has 0 aromatic heterocycles. The highest BCUT2D eigenvalue weighted by Gasteiger charge is 2.36. The molecule has 1 aliphatic heterocycles. The zero-order valence-corrected chi connectivity index (χ0v) is 20.4. The van der Waals surface area contributed by atoms with Crippen LogP contribution in [0.25, 0.3) is 16.8 Å². The van der Waals surface area contributed by atoms with Gasteiger partial charge in [0.05, 0.1) is 12.8 Å². The second-order valence-corrected chi connectivity index (χ2v) is 8.57. The lowest BCUT2D eigenvalue weighted by Gasteiger charge is -2.26. The number of benzene rings is 4. The normalized spacial score (nSPS) is 14.7. The van der Waals surface area contributed by atoms with Crippen molar-refractivity contribution in [2.75, 3.05) is 12.0 Å². The SMILES string of the molecule is COc1cc(/C=C2\C(=O)NC(=O)N(c3ccccc3)C2=O)ccc1OCc1c(C)ccc2ccccc12. The first kappa shape index (κ1) is 23.8. The van der Waals surface area contributed by atoms with E-state index < -0.39 is 17.8 Å². The van der Waals surface area contributed by atoms with Crippen molar-refractivity contribution in [3.05, 3.63) is 107 Å². The third-order valence-electron chi connectivity index (χ3n) is 6.26. The van der Waals surface area contributed by atoms with E-state index in [1.807, 2.05) is 19.1 Å². The molecule has 0 aliphatic carbocycles. The molecule has 0 radical (unpaired) electrons. The minimum absolute atomic E-state index is 0.162. The number of amides is 4. The summed E-state index contributed by atoms with van der Waals surface area (Å²) in [5.74, 6) is -0.483. The quantitative estimate of drug-likeness (QED) is 0.288. The first-order valence-electron chi connectivity index (χ1n) is 11.7. The van der Waals surface area contributed by atoms with Crippen molar-refractivity contribution in [3.63, 3.8) is 0 Å². The van der Waals surface area contributed by atoms with Crippen LogP contribution in [0.1, 0.15) is 16.7 Å². The first-order valence-corrected chi connectivity index (χ1v) is 11.7. The highest BCUT2D eigenvalue weighted by Crippen LogP contribution is 2.32. The minimum atomic E-state index is -0.789. The third-order valence-corrected chi connectivity index (χ3v) is 6.26. The second-order valence-electron chi connectivity index (χ2n) is 8.57. The van der Waals surface area contributed by atoms with Crippen molar-refractivity contribution in [3.8, 4) is 11.5 Å². The van der Waals surface area contributed by atoms with Crippen molar-refractivity contribution in [2.24, 2.45) is 0 Å². The Bertz CT molecular complexity index is 1560. The monoisotopic (exact) mass is 492 g/mol. The van der Waals surface area contributed by atoms with Gasteiger partial charge in [0.2, 0.25) is 0 Å². The van der Waals surface area contributed by atoms with Crippen molar-refractivity contribution in [2.45, 2.75) is 13.5 Å². The van der Waals surface area contributed by atoms with Crippen LogP contribution >= 0.6 is 0 Å². The summed E-state index contributed by atoms with van der Waals surface area (Å²) in [6.07, 6.45) is 1.43. The summed E-state index contributed by atoms with van der Waals surface area (Å²) in [5, 5.41) is 4.49. The van der Waals surface area contributed by atoms with Crippen LogP contribution in [0.4, 0.5) is 10.5 Å². The van der Waals surface area contributed by atoms with Gasteiger partial charge < -0.3 is 9.47 Å². The summed E-state index contributed by atoms with van der Waals surface area (Å²) in [7, 11) is 1.52. The average Bonchev–Trinajstić information content (AvgIpc) is 2.91. The molecule has 4 aromatic rings. The van der Waals surface area contributed by atoms with Gasteiger partial charge in [0.15, 0.2) is 11.5 Å². The Morgan fingerprint density at radius 3 is 2.41 bits per heavy atom. The molecule has 0 saturated carbocycles. The highest BCUT2D eigenvalue weighted by atomic mass is 16.5.